The number of ether oxygens (including phenoxy) is 3. The van der Waals surface area contributed by atoms with E-state index < -0.39 is 0 Å². The number of fused-ring (bicyclic) bond motifs is 2. The monoisotopic (exact) mass is 426 g/mol. The summed E-state index contributed by atoms with van der Waals surface area (Å²) in [6, 6.07) is 12.3. The Morgan fingerprint density at radius 1 is 1.13 bits per heavy atom. The van der Waals surface area contributed by atoms with Gasteiger partial charge in [-0.2, -0.15) is 0 Å². The molecule has 8 heteroatoms. The minimum atomic E-state index is -0.282. The molecule has 0 unspecified atom stereocenters. The Morgan fingerprint density at radius 3 is 2.90 bits per heavy atom. The molecular weight excluding hydrogens is 408 g/mol. The first kappa shape index (κ1) is 19.0. The lowest BCUT2D eigenvalue weighted by Crippen LogP contribution is -2.34. The van der Waals surface area contributed by atoms with Gasteiger partial charge in [-0.15, -0.1) is 0 Å². The van der Waals surface area contributed by atoms with E-state index in [2.05, 4.69) is 10.3 Å². The third kappa shape index (κ3) is 3.86. The largest absolute Gasteiger partial charge is 0.454 e. The number of nitrogens with one attached hydrogen (secondary N) is 1. The Hall–Kier alpha value is -3.03. The van der Waals surface area contributed by atoms with Gasteiger partial charge in [-0.3, -0.25) is 4.79 Å². The van der Waals surface area contributed by atoms with Gasteiger partial charge in [-0.1, -0.05) is 11.6 Å². The van der Waals surface area contributed by atoms with Crippen LogP contribution < -0.4 is 20.3 Å². The molecule has 30 heavy (non-hydrogen) atoms. The average Bonchev–Trinajstić information content (AvgIpc) is 3.43. The first-order chi connectivity index (χ1) is 14.7. The summed E-state index contributed by atoms with van der Waals surface area (Å²) in [6.45, 7) is 1.35. The summed E-state index contributed by atoms with van der Waals surface area (Å²) < 4.78 is 22.3. The van der Waals surface area contributed by atoms with Crippen molar-refractivity contribution in [1.82, 2.24) is 5.32 Å². The zero-order valence-electron chi connectivity index (χ0n) is 16.0. The van der Waals surface area contributed by atoms with Gasteiger partial charge in [0.15, 0.2) is 11.5 Å². The molecule has 5 rings (SSSR count). The second-order valence-electron chi connectivity index (χ2n) is 7.14. The zero-order valence-corrected chi connectivity index (χ0v) is 16.8. The van der Waals surface area contributed by atoms with Crippen LogP contribution in [0.2, 0.25) is 5.02 Å². The molecule has 1 aromatic heterocycles. The molecule has 2 aromatic carbocycles. The third-order valence-electron chi connectivity index (χ3n) is 5.05. The van der Waals surface area contributed by atoms with Crippen LogP contribution in [0.5, 0.6) is 11.5 Å². The summed E-state index contributed by atoms with van der Waals surface area (Å²) in [6.07, 6.45) is 1.98. The second kappa shape index (κ2) is 8.01. The summed E-state index contributed by atoms with van der Waals surface area (Å²) >= 11 is 6.11. The van der Waals surface area contributed by atoms with Gasteiger partial charge in [0, 0.05) is 29.6 Å². The molecule has 0 radical (unpaired) electrons. The van der Waals surface area contributed by atoms with Crippen LogP contribution in [-0.4, -0.2) is 32.0 Å². The Bertz CT molecular complexity index is 1180. The van der Waals surface area contributed by atoms with E-state index in [0.717, 1.165) is 24.8 Å². The van der Waals surface area contributed by atoms with Crippen molar-refractivity contribution in [2.75, 3.05) is 19.9 Å². The number of amides is 1. The predicted molar refractivity (Wildman–Crippen MR) is 110 cm³/mol. The van der Waals surface area contributed by atoms with Crippen molar-refractivity contribution in [2.24, 2.45) is 4.99 Å². The van der Waals surface area contributed by atoms with Crippen LogP contribution in [0.3, 0.4) is 0 Å². The Morgan fingerprint density at radius 2 is 2.03 bits per heavy atom. The van der Waals surface area contributed by atoms with Gasteiger partial charge in [0.25, 0.3) is 5.91 Å². The lowest BCUT2D eigenvalue weighted by atomic mass is 10.1. The number of rotatable bonds is 4. The normalized spacial score (nSPS) is 18.2. The van der Waals surface area contributed by atoms with Gasteiger partial charge >= 0.3 is 0 Å². The van der Waals surface area contributed by atoms with E-state index in [1.54, 1.807) is 42.5 Å². The Kier molecular flexibility index (Phi) is 5.06. The van der Waals surface area contributed by atoms with Crippen molar-refractivity contribution in [1.29, 1.82) is 0 Å². The summed E-state index contributed by atoms with van der Waals surface area (Å²) in [5.41, 5.74) is 1.69. The maximum absolute atomic E-state index is 13.0. The molecule has 7 nitrogen and oxygen atoms in total. The van der Waals surface area contributed by atoms with Crippen LogP contribution in [0.1, 0.15) is 23.2 Å². The van der Waals surface area contributed by atoms with Crippen molar-refractivity contribution in [3.8, 4) is 11.5 Å². The first-order valence-corrected chi connectivity index (χ1v) is 10.1. The highest BCUT2D eigenvalue weighted by atomic mass is 35.5. The highest BCUT2D eigenvalue weighted by molar-refractivity contribution is 6.31. The maximum Gasteiger partial charge on any atom is 0.256 e. The van der Waals surface area contributed by atoms with Crippen LogP contribution >= 0.6 is 11.6 Å². The van der Waals surface area contributed by atoms with Crippen molar-refractivity contribution >= 4 is 34.2 Å². The molecule has 1 fully saturated rings. The molecule has 1 amide bonds. The van der Waals surface area contributed by atoms with Gasteiger partial charge in [0.05, 0.1) is 11.8 Å². The number of hydrogen-bond donors (Lipinski definition) is 1. The van der Waals surface area contributed by atoms with Crippen LogP contribution in [0.25, 0.3) is 11.0 Å². The molecule has 2 aliphatic rings. The minimum Gasteiger partial charge on any atom is -0.454 e. The first-order valence-electron chi connectivity index (χ1n) is 9.73. The summed E-state index contributed by atoms with van der Waals surface area (Å²) in [5.74, 6) is 0.984. The van der Waals surface area contributed by atoms with Crippen molar-refractivity contribution in [3.63, 3.8) is 0 Å². The predicted octanol–water partition coefficient (Wildman–Crippen LogP) is 3.96. The molecule has 2 aliphatic heterocycles. The van der Waals surface area contributed by atoms with E-state index in [9.17, 15) is 4.79 Å². The smallest absolute Gasteiger partial charge is 0.256 e. The molecule has 3 heterocycles. The lowest BCUT2D eigenvalue weighted by Gasteiger charge is -2.11. The van der Waals surface area contributed by atoms with E-state index in [4.69, 9.17) is 30.2 Å². The second-order valence-corrected chi connectivity index (χ2v) is 7.58. The van der Waals surface area contributed by atoms with Gasteiger partial charge in [-0.25, -0.2) is 4.99 Å². The minimum absolute atomic E-state index is 0.0371. The average molecular weight is 427 g/mol. The molecule has 1 saturated heterocycles. The van der Waals surface area contributed by atoms with E-state index in [1.165, 1.54) is 0 Å². The summed E-state index contributed by atoms with van der Waals surface area (Å²) in [4.78, 5) is 17.5. The molecule has 3 aromatic rings. The van der Waals surface area contributed by atoms with Gasteiger partial charge < -0.3 is 23.9 Å². The Balaban J connectivity index is 1.55. The number of nitrogens with zero attached hydrogens (tertiary/aromatic N) is 1. The van der Waals surface area contributed by atoms with Gasteiger partial charge in [-0.05, 0) is 49.2 Å². The molecule has 0 saturated carbocycles. The van der Waals surface area contributed by atoms with Crippen LogP contribution in [0.15, 0.2) is 51.9 Å². The number of halogens is 1. The van der Waals surface area contributed by atoms with E-state index in [-0.39, 0.29) is 24.4 Å². The third-order valence-corrected chi connectivity index (χ3v) is 5.29. The summed E-state index contributed by atoms with van der Waals surface area (Å²) in [5, 5.41) is 4.20. The number of carbonyl (C=O) groups is 1. The molecular formula is C22H19ClN2O5. The number of hydrogen-bond acceptors (Lipinski definition) is 6. The quantitative estimate of drug-likeness (QED) is 0.683. The van der Waals surface area contributed by atoms with E-state index in [0.29, 0.717) is 39.9 Å². The van der Waals surface area contributed by atoms with Gasteiger partial charge in [0.2, 0.25) is 12.3 Å². The Labute approximate surface area is 177 Å². The van der Waals surface area contributed by atoms with Crippen LogP contribution in [0, 0.1) is 0 Å². The van der Waals surface area contributed by atoms with Gasteiger partial charge in [0.1, 0.15) is 11.1 Å². The molecule has 0 bridgehead atoms. The maximum atomic E-state index is 13.0. The lowest BCUT2D eigenvalue weighted by molar-refractivity contribution is 0.0854. The molecule has 1 N–H and O–H groups in total. The van der Waals surface area contributed by atoms with Crippen LogP contribution in [0.4, 0.5) is 5.69 Å². The molecule has 0 aliphatic carbocycles. The SMILES string of the molecule is O=C(NC[C@@H]1CCCO1)c1cc2cc(Cl)ccc2oc1=Nc1ccc2c(c1)OCO2. The fraction of sp³-hybridized carbons (Fsp3) is 0.273. The molecule has 0 spiro atoms. The highest BCUT2D eigenvalue weighted by Gasteiger charge is 2.19. The molecule has 1 atom stereocenters. The standard InChI is InChI=1S/C22H19ClN2O5/c23-14-3-5-18-13(8-14)9-17(21(26)24-11-16-2-1-7-27-16)22(30-18)25-15-4-6-19-20(10-15)29-12-28-19/h3-6,8-10,16H,1-2,7,11-12H2,(H,24,26)/t16-/m0/s1. The van der Waals surface area contributed by atoms with E-state index in [1.807, 2.05) is 0 Å². The van der Waals surface area contributed by atoms with E-state index >= 15 is 0 Å². The van der Waals surface area contributed by atoms with Crippen molar-refractivity contribution < 1.29 is 23.4 Å². The zero-order chi connectivity index (χ0) is 20.5. The topological polar surface area (TPSA) is 82.3 Å². The molecule has 154 valence electrons. The van der Waals surface area contributed by atoms with Crippen molar-refractivity contribution in [3.05, 3.63) is 58.6 Å². The fourth-order valence-electron chi connectivity index (χ4n) is 3.53. The highest BCUT2D eigenvalue weighted by Crippen LogP contribution is 2.35. The summed E-state index contributed by atoms with van der Waals surface area (Å²) in [7, 11) is 0. The number of benzene rings is 2. The fourth-order valence-corrected chi connectivity index (χ4v) is 3.71. The van der Waals surface area contributed by atoms with Crippen LogP contribution in [-0.2, 0) is 4.74 Å². The van der Waals surface area contributed by atoms with Crippen molar-refractivity contribution in [2.45, 2.75) is 18.9 Å². The number of carbonyl (C=O) groups excluding carboxylic acids is 1.